The van der Waals surface area contributed by atoms with Crippen LogP contribution in [0.25, 0.3) is 0 Å². The van der Waals surface area contributed by atoms with Gasteiger partial charge in [0.15, 0.2) is 0 Å². The molecule has 0 heterocycles. The van der Waals surface area contributed by atoms with Crippen molar-refractivity contribution in [3.05, 3.63) is 0 Å². The Labute approximate surface area is 122 Å². The van der Waals surface area contributed by atoms with E-state index in [9.17, 15) is 0 Å². The second-order valence-electron chi connectivity index (χ2n) is 6.47. The van der Waals surface area contributed by atoms with Crippen molar-refractivity contribution in [3.63, 3.8) is 0 Å². The highest BCUT2D eigenvalue weighted by Gasteiger charge is 2.15. The van der Waals surface area contributed by atoms with Gasteiger partial charge >= 0.3 is 0 Å². The second-order valence-corrected chi connectivity index (χ2v) is 6.47. The lowest BCUT2D eigenvalue weighted by atomic mass is 9.81. The van der Waals surface area contributed by atoms with Crippen molar-refractivity contribution < 1.29 is 0 Å². The molecular weight excluding hydrogens is 230 g/mol. The zero-order chi connectivity index (χ0) is 12.9. The average Bonchev–Trinajstić information content (AvgIpc) is 2.33. The Morgan fingerprint density at radius 2 is 1.05 bits per heavy atom. The Hall–Kier alpha value is -0.0400. The number of hydrogen-bond acceptors (Lipinski definition) is 1. The fourth-order valence-corrected chi connectivity index (χ4v) is 3.06. The van der Waals surface area contributed by atoms with Crippen LogP contribution in [0.3, 0.4) is 0 Å². The molecule has 1 aliphatic rings. The van der Waals surface area contributed by atoms with Crippen LogP contribution < -0.4 is 6.15 Å². The van der Waals surface area contributed by atoms with E-state index in [4.69, 9.17) is 0 Å². The molecule has 0 amide bonds. The molecule has 0 saturated heterocycles. The van der Waals surface area contributed by atoms with Crippen LogP contribution in [-0.4, -0.2) is 0 Å². The van der Waals surface area contributed by atoms with Crippen molar-refractivity contribution in [2.45, 2.75) is 110 Å². The average molecular weight is 270 g/mol. The van der Waals surface area contributed by atoms with Crippen LogP contribution >= 0.6 is 0 Å². The normalized spacial score (nSPS) is 15.0. The van der Waals surface area contributed by atoms with E-state index in [2.05, 4.69) is 6.92 Å². The topological polar surface area (TPSA) is 35.0 Å². The van der Waals surface area contributed by atoms with Gasteiger partial charge in [-0.05, 0) is 5.92 Å². The summed E-state index contributed by atoms with van der Waals surface area (Å²) >= 11 is 0. The molecule has 0 bridgehead atoms. The van der Waals surface area contributed by atoms with E-state index in [0.717, 1.165) is 5.92 Å². The van der Waals surface area contributed by atoms with Gasteiger partial charge in [0.1, 0.15) is 0 Å². The molecule has 0 atom stereocenters. The summed E-state index contributed by atoms with van der Waals surface area (Å²) in [4.78, 5) is 0. The van der Waals surface area contributed by atoms with Crippen LogP contribution in [0.4, 0.5) is 0 Å². The molecule has 1 rings (SSSR count). The van der Waals surface area contributed by atoms with Crippen LogP contribution in [0.1, 0.15) is 110 Å². The first-order valence-corrected chi connectivity index (χ1v) is 8.93. The van der Waals surface area contributed by atoms with Gasteiger partial charge in [-0.25, -0.2) is 0 Å². The SMILES string of the molecule is CCCCCCCCCCCCCCC1CCC1.N. The lowest BCUT2D eigenvalue weighted by Gasteiger charge is -2.24. The minimum Gasteiger partial charge on any atom is -0.344 e. The Balaban J connectivity index is 0.00000324. The molecule has 0 unspecified atom stereocenters. The molecule has 0 spiro atoms. The summed E-state index contributed by atoms with van der Waals surface area (Å²) in [5, 5.41) is 0. The molecule has 1 fully saturated rings. The van der Waals surface area contributed by atoms with Gasteiger partial charge in [0, 0.05) is 0 Å². The largest absolute Gasteiger partial charge is 0.344 e. The number of hydrogen-bond donors (Lipinski definition) is 1. The Morgan fingerprint density at radius 1 is 0.632 bits per heavy atom. The highest BCUT2D eigenvalue weighted by atomic mass is 14.2. The van der Waals surface area contributed by atoms with Crippen LogP contribution in [0.5, 0.6) is 0 Å². The Morgan fingerprint density at radius 3 is 1.42 bits per heavy atom. The molecule has 1 saturated carbocycles. The first-order chi connectivity index (χ1) is 8.93. The quantitative estimate of drug-likeness (QED) is 0.357. The minimum atomic E-state index is 0. The fourth-order valence-electron chi connectivity index (χ4n) is 3.06. The Bertz CT molecular complexity index is 163. The van der Waals surface area contributed by atoms with Gasteiger partial charge in [-0.3, -0.25) is 0 Å². The summed E-state index contributed by atoms with van der Waals surface area (Å²) in [6, 6.07) is 0. The third-order valence-electron chi connectivity index (χ3n) is 4.69. The maximum absolute atomic E-state index is 2.30. The van der Waals surface area contributed by atoms with E-state index in [1.165, 1.54) is 103 Å². The molecule has 1 aliphatic carbocycles. The first kappa shape index (κ1) is 19.0. The smallest absolute Gasteiger partial charge is 0.0414 e. The van der Waals surface area contributed by atoms with Gasteiger partial charge in [-0.15, -0.1) is 0 Å². The number of unbranched alkanes of at least 4 members (excludes halogenated alkanes) is 11. The maximum Gasteiger partial charge on any atom is -0.0414 e. The highest BCUT2D eigenvalue weighted by molar-refractivity contribution is 4.69. The van der Waals surface area contributed by atoms with Crippen LogP contribution in [-0.2, 0) is 0 Å². The summed E-state index contributed by atoms with van der Waals surface area (Å²) in [5.74, 6) is 1.13. The van der Waals surface area contributed by atoms with Gasteiger partial charge in [-0.2, -0.15) is 0 Å². The summed E-state index contributed by atoms with van der Waals surface area (Å²) in [7, 11) is 0. The van der Waals surface area contributed by atoms with Crippen LogP contribution in [0.2, 0.25) is 0 Å². The molecule has 0 radical (unpaired) electrons. The third kappa shape index (κ3) is 11.5. The van der Waals surface area contributed by atoms with Gasteiger partial charge in [0.2, 0.25) is 0 Å². The predicted octanol–water partition coefficient (Wildman–Crippen LogP) is 7.04. The molecule has 3 N–H and O–H groups in total. The van der Waals surface area contributed by atoms with Crippen molar-refractivity contribution in [1.29, 1.82) is 0 Å². The van der Waals surface area contributed by atoms with Crippen molar-refractivity contribution in [1.82, 2.24) is 6.15 Å². The van der Waals surface area contributed by atoms with Crippen molar-refractivity contribution in [2.75, 3.05) is 0 Å². The number of rotatable bonds is 13. The molecule has 1 heteroatoms. The molecule has 1 nitrogen and oxygen atoms in total. The monoisotopic (exact) mass is 269 g/mol. The molecule has 19 heavy (non-hydrogen) atoms. The van der Waals surface area contributed by atoms with Crippen LogP contribution in [0.15, 0.2) is 0 Å². The van der Waals surface area contributed by atoms with Crippen molar-refractivity contribution in [2.24, 2.45) is 5.92 Å². The molecule has 0 aromatic heterocycles. The molecular formula is C18H39N. The summed E-state index contributed by atoms with van der Waals surface area (Å²) in [5.41, 5.74) is 0. The summed E-state index contributed by atoms with van der Waals surface area (Å²) in [6.45, 7) is 2.30. The molecule has 0 aliphatic heterocycles. The summed E-state index contributed by atoms with van der Waals surface area (Å²) < 4.78 is 0. The van der Waals surface area contributed by atoms with E-state index >= 15 is 0 Å². The Kier molecular flexibility index (Phi) is 14.3. The first-order valence-electron chi connectivity index (χ1n) is 8.93. The van der Waals surface area contributed by atoms with Gasteiger partial charge < -0.3 is 6.15 Å². The van der Waals surface area contributed by atoms with E-state index in [1.807, 2.05) is 0 Å². The van der Waals surface area contributed by atoms with E-state index in [0.29, 0.717) is 0 Å². The van der Waals surface area contributed by atoms with Crippen molar-refractivity contribution >= 4 is 0 Å². The second kappa shape index (κ2) is 14.4. The standard InChI is InChI=1S/C18H36.H3N/c1-2-3-4-5-6-7-8-9-10-11-12-13-15-18-16-14-17-18;/h18H,2-17H2,1H3;1H3. The lowest BCUT2D eigenvalue weighted by Crippen LogP contribution is -2.10. The summed E-state index contributed by atoms with van der Waals surface area (Å²) in [6.07, 6.45) is 23.9. The van der Waals surface area contributed by atoms with Crippen molar-refractivity contribution in [3.8, 4) is 0 Å². The van der Waals surface area contributed by atoms with E-state index in [-0.39, 0.29) is 6.15 Å². The van der Waals surface area contributed by atoms with Gasteiger partial charge in [-0.1, -0.05) is 110 Å². The van der Waals surface area contributed by atoms with Gasteiger partial charge in [0.05, 0.1) is 0 Å². The van der Waals surface area contributed by atoms with E-state index < -0.39 is 0 Å². The maximum atomic E-state index is 2.30. The van der Waals surface area contributed by atoms with Crippen LogP contribution in [0, 0.1) is 5.92 Å². The molecule has 116 valence electrons. The van der Waals surface area contributed by atoms with Gasteiger partial charge in [0.25, 0.3) is 0 Å². The zero-order valence-corrected chi connectivity index (χ0v) is 13.6. The molecule has 0 aromatic rings. The predicted molar refractivity (Wildman–Crippen MR) is 88.1 cm³/mol. The fraction of sp³-hybridized carbons (Fsp3) is 1.00. The zero-order valence-electron chi connectivity index (χ0n) is 13.6. The lowest BCUT2D eigenvalue weighted by molar-refractivity contribution is 0.286. The minimum absolute atomic E-state index is 0. The van der Waals surface area contributed by atoms with E-state index in [1.54, 1.807) is 0 Å². The third-order valence-corrected chi connectivity index (χ3v) is 4.69. The highest BCUT2D eigenvalue weighted by Crippen LogP contribution is 2.31. The molecule has 0 aromatic carbocycles.